The third-order valence-electron chi connectivity index (χ3n) is 21.1. The summed E-state index contributed by atoms with van der Waals surface area (Å²) < 4.78 is 113. The number of aromatic nitrogens is 18. The van der Waals surface area contributed by atoms with E-state index in [-0.39, 0.29) is 83.8 Å². The van der Waals surface area contributed by atoms with Gasteiger partial charge >= 0.3 is 0 Å². The van der Waals surface area contributed by atoms with Gasteiger partial charge in [0.25, 0.3) is 0 Å². The van der Waals surface area contributed by atoms with E-state index >= 15 is 0 Å². The summed E-state index contributed by atoms with van der Waals surface area (Å²) in [4.78, 5) is 78.7. The van der Waals surface area contributed by atoms with Crippen LogP contribution in [-0.2, 0) is 92.2 Å². The second-order valence-corrected chi connectivity index (χ2v) is 31.2. The molecule has 11 aromatic heterocycles. The first-order chi connectivity index (χ1) is 65.5. The van der Waals surface area contributed by atoms with Crippen LogP contribution in [0.5, 0.6) is 46.0 Å². The molecule has 4 amide bonds. The summed E-state index contributed by atoms with van der Waals surface area (Å²) in [6, 6.07) is 22.2. The normalized spacial score (nSPS) is 10.9. The van der Waals surface area contributed by atoms with E-state index in [1.807, 2.05) is 53.2 Å². The monoisotopic (exact) mass is 1930 g/mol. The molecule has 702 valence electrons. The number of para-hydroxylation sites is 1. The lowest BCUT2D eigenvalue weighted by atomic mass is 10.1. The Labute approximate surface area is 794 Å². The molecule has 0 bridgehead atoms. The standard InChI is InChI=1S/C26H23F2N3O3.C23H22Cl2N6O3.C23H22F2N6O3.C22H21Cl2N7O3/c1-4-24(32)30-19-8-6-5-7-16(19)13-17-9-10-21-20(29-17)11-12-31(21)15-18-25(27)22(33-2)14-23(34-3)26(18)28;2*1-5-21(32)28-16-12-30(2)29-15(16)8-20-26-10-17-14(27-20)6-7-31(17)11-13-22(24)18(33-3)9-19(34-4)23(13)25;1-5-20(32)28-15-11-30(2)29-13(15)6-19-25-9-16-14(27-19)8-26-31(16)10-12-21(23)17(33-3)7-18(34-4)22(12)24/h4-12,14H,1,13,15H2,2-3H3,(H,30,32);2*5-7,9-10,12H,1,8,11H2,2-4H3,(H,28,32);5,7-9,11H,1,6,10H2,2-4H3,(H,28,32). The smallest absolute Gasteiger partial charge is 0.247 e. The van der Waals surface area contributed by atoms with Crippen molar-refractivity contribution in [1.82, 2.24) is 87.7 Å². The SMILES string of the molecule is C=CC(=O)Nc1ccccc1Cc1ccc2c(ccn2Cc2c(F)c(OC)cc(OC)c2F)n1.C=CC(=O)Nc1cn(C)nc1Cc1ncc2c(ccn2Cc2c(Cl)c(OC)cc(OC)c2Cl)n1.C=CC(=O)Nc1cn(C)nc1Cc1ncc2c(ccn2Cc2c(F)c(OC)cc(OC)c2F)n1.C=CC(=O)Nc1cn(C)nc1Cc1ncc2c(cnn2Cc2c(Cl)c(OC)cc(OC)c2Cl)n1. The number of methoxy groups -OCH3 is 8. The Balaban J connectivity index is 0.000000153. The molecular formula is C94H88Cl4F4N22O12. The minimum Gasteiger partial charge on any atom is -0.495 e. The number of carbonyl (C=O) groups excluding carboxylic acids is 4. The molecule has 4 N–H and O–H groups in total. The lowest BCUT2D eigenvalue weighted by molar-refractivity contribution is -0.112. The van der Waals surface area contributed by atoms with Gasteiger partial charge < -0.3 is 72.9 Å². The van der Waals surface area contributed by atoms with Crippen molar-refractivity contribution in [1.29, 1.82) is 0 Å². The largest absolute Gasteiger partial charge is 0.495 e. The van der Waals surface area contributed by atoms with E-state index in [0.29, 0.717) is 165 Å². The van der Waals surface area contributed by atoms with Crippen molar-refractivity contribution in [2.24, 2.45) is 21.1 Å². The van der Waals surface area contributed by atoms with E-state index in [2.05, 4.69) is 97.9 Å². The summed E-state index contributed by atoms with van der Waals surface area (Å²) in [7, 11) is 16.6. The molecule has 0 spiro atoms. The Morgan fingerprint density at radius 1 is 0.368 bits per heavy atom. The molecule has 0 aliphatic heterocycles. The van der Waals surface area contributed by atoms with Crippen LogP contribution < -0.4 is 59.2 Å². The van der Waals surface area contributed by atoms with Gasteiger partial charge in [0.2, 0.25) is 23.6 Å². The summed E-state index contributed by atoms with van der Waals surface area (Å²) in [6.07, 6.45) is 23.2. The molecule has 0 saturated heterocycles. The number of aryl methyl sites for hydroxylation is 3. The number of ether oxygens (including phenoxy) is 8. The van der Waals surface area contributed by atoms with E-state index < -0.39 is 23.3 Å². The molecule has 16 rings (SSSR count). The third-order valence-corrected chi connectivity index (χ3v) is 22.7. The van der Waals surface area contributed by atoms with E-state index in [4.69, 9.17) is 89.3 Å². The van der Waals surface area contributed by atoms with Crippen LogP contribution in [0.2, 0.25) is 20.1 Å². The number of rotatable bonds is 32. The van der Waals surface area contributed by atoms with Gasteiger partial charge in [0, 0.05) is 112 Å². The number of fused-ring (bicyclic) bond motifs is 4. The summed E-state index contributed by atoms with van der Waals surface area (Å²) in [5.41, 5.74) is 12.3. The first kappa shape index (κ1) is 97.8. The van der Waals surface area contributed by atoms with Gasteiger partial charge in [-0.2, -0.15) is 20.4 Å². The predicted molar refractivity (Wildman–Crippen MR) is 507 cm³/mol. The van der Waals surface area contributed by atoms with Gasteiger partial charge in [-0.25, -0.2) is 47.5 Å². The van der Waals surface area contributed by atoms with Crippen molar-refractivity contribution < 1.29 is 74.6 Å². The number of nitrogens with one attached hydrogen (secondary N) is 4. The lowest BCUT2D eigenvalue weighted by Crippen LogP contribution is -2.09. The van der Waals surface area contributed by atoms with Crippen LogP contribution in [0.1, 0.15) is 68.1 Å². The lowest BCUT2D eigenvalue weighted by Gasteiger charge is -2.15. The Bertz CT molecular complexity index is 6660. The number of halogens is 8. The quantitative estimate of drug-likeness (QED) is 0.0225. The van der Waals surface area contributed by atoms with Gasteiger partial charge in [-0.3, -0.25) is 42.9 Å². The van der Waals surface area contributed by atoms with Gasteiger partial charge in [-0.05, 0) is 66.3 Å². The average molecular weight is 1940 g/mol. The third kappa shape index (κ3) is 22.1. The Morgan fingerprint density at radius 2 is 0.691 bits per heavy atom. The Hall–Kier alpha value is -15.7. The highest BCUT2D eigenvalue weighted by molar-refractivity contribution is 6.38. The molecule has 0 saturated carbocycles. The van der Waals surface area contributed by atoms with Gasteiger partial charge in [0.15, 0.2) is 46.3 Å². The van der Waals surface area contributed by atoms with E-state index in [1.54, 1.807) is 129 Å². The maximum absolute atomic E-state index is 14.8. The average Bonchev–Trinajstić information content (AvgIpc) is 1.50. The molecule has 5 aromatic carbocycles. The van der Waals surface area contributed by atoms with Crippen LogP contribution in [0.4, 0.5) is 40.3 Å². The summed E-state index contributed by atoms with van der Waals surface area (Å²) in [5, 5.41) is 30.2. The van der Waals surface area contributed by atoms with Crippen molar-refractivity contribution in [2.75, 3.05) is 78.1 Å². The molecule has 34 nitrogen and oxygen atoms in total. The minimum atomic E-state index is -0.801. The summed E-state index contributed by atoms with van der Waals surface area (Å²) in [5.74, 6) is -1.42. The summed E-state index contributed by atoms with van der Waals surface area (Å²) in [6.45, 7) is 14.3. The van der Waals surface area contributed by atoms with Gasteiger partial charge in [0.05, 0.1) is 226 Å². The molecule has 0 aliphatic carbocycles. The summed E-state index contributed by atoms with van der Waals surface area (Å²) >= 11 is 26.1. The van der Waals surface area contributed by atoms with Crippen molar-refractivity contribution in [3.63, 3.8) is 0 Å². The molecular weight excluding hydrogens is 1850 g/mol. The van der Waals surface area contributed by atoms with Gasteiger partial charge in [-0.1, -0.05) is 90.9 Å². The van der Waals surface area contributed by atoms with Crippen LogP contribution in [0, 0.1) is 23.3 Å². The molecule has 0 radical (unpaired) electrons. The highest BCUT2D eigenvalue weighted by atomic mass is 35.5. The number of carbonyl (C=O) groups is 4. The Morgan fingerprint density at radius 3 is 1.07 bits per heavy atom. The van der Waals surface area contributed by atoms with Crippen molar-refractivity contribution in [3.8, 4) is 46.0 Å². The molecule has 0 unspecified atom stereocenters. The van der Waals surface area contributed by atoms with Crippen molar-refractivity contribution in [2.45, 2.75) is 51.9 Å². The maximum atomic E-state index is 14.8. The Kier molecular flexibility index (Phi) is 31.5. The molecule has 11 heterocycles. The second kappa shape index (κ2) is 43.8. The molecule has 136 heavy (non-hydrogen) atoms. The molecule has 42 heteroatoms. The fourth-order valence-electron chi connectivity index (χ4n) is 14.4. The fourth-order valence-corrected chi connectivity index (χ4v) is 15.6. The zero-order valence-electron chi connectivity index (χ0n) is 75.0. The first-order valence-corrected chi connectivity index (χ1v) is 42.5. The number of benzene rings is 5. The van der Waals surface area contributed by atoms with Crippen LogP contribution >= 0.6 is 46.4 Å². The zero-order chi connectivity index (χ0) is 97.5. The van der Waals surface area contributed by atoms with Crippen LogP contribution in [0.15, 0.2) is 191 Å². The van der Waals surface area contributed by atoms with Gasteiger partial charge in [-0.15, -0.1) is 0 Å². The minimum absolute atomic E-state index is 0.0633. The number of hydrogen-bond acceptors (Lipinski definition) is 23. The van der Waals surface area contributed by atoms with Crippen molar-refractivity contribution >= 4 is 137 Å². The van der Waals surface area contributed by atoms with E-state index in [1.165, 1.54) is 93.3 Å². The second-order valence-electron chi connectivity index (χ2n) is 29.7. The first-order valence-electron chi connectivity index (χ1n) is 41.0. The maximum Gasteiger partial charge on any atom is 0.247 e. The number of nitrogens with zero attached hydrogens (tertiary/aromatic N) is 18. The molecule has 0 atom stereocenters. The number of pyridine rings is 1. The van der Waals surface area contributed by atoms with Gasteiger partial charge in [0.1, 0.15) is 51.5 Å². The number of hydrogen-bond donors (Lipinski definition) is 4. The van der Waals surface area contributed by atoms with Crippen LogP contribution in [0.3, 0.4) is 0 Å². The highest BCUT2D eigenvalue weighted by Gasteiger charge is 2.27. The van der Waals surface area contributed by atoms with Crippen molar-refractivity contribution in [3.05, 3.63) is 303 Å². The zero-order valence-corrected chi connectivity index (χ0v) is 78.1. The topological polar surface area (TPSA) is 367 Å². The molecule has 0 fully saturated rings. The van der Waals surface area contributed by atoms with E-state index in [9.17, 15) is 36.7 Å². The van der Waals surface area contributed by atoms with Crippen LogP contribution in [-0.4, -0.2) is 168 Å². The van der Waals surface area contributed by atoms with E-state index in [0.717, 1.165) is 27.8 Å². The predicted octanol–water partition coefficient (Wildman–Crippen LogP) is 16.2. The number of amides is 4. The molecule has 0 aliphatic rings. The van der Waals surface area contributed by atoms with Crippen LogP contribution in [0.25, 0.3) is 44.1 Å². The molecule has 16 aromatic rings. The fraction of sp³-hybridized carbons (Fsp3) is 0.202. The number of anilines is 4. The highest BCUT2D eigenvalue weighted by Crippen LogP contribution is 2.44.